The summed E-state index contributed by atoms with van der Waals surface area (Å²) in [7, 11) is 1.43. The van der Waals surface area contributed by atoms with E-state index < -0.39 is 0 Å². The number of hydrogen-bond donors (Lipinski definition) is 2. The maximum absolute atomic E-state index is 11.3. The van der Waals surface area contributed by atoms with Gasteiger partial charge < -0.3 is 15.2 Å². The van der Waals surface area contributed by atoms with Crippen LogP contribution in [0.1, 0.15) is 26.2 Å². The molecular weight excluding hydrogens is 232 g/mol. The molecule has 0 aromatic heterocycles. The van der Waals surface area contributed by atoms with E-state index in [1.54, 1.807) is 0 Å². The van der Waals surface area contributed by atoms with Gasteiger partial charge in [-0.1, -0.05) is 13.3 Å². The van der Waals surface area contributed by atoms with Gasteiger partial charge in [-0.05, 0) is 18.8 Å². The second-order valence-electron chi connectivity index (χ2n) is 5.04. The van der Waals surface area contributed by atoms with Gasteiger partial charge in [0.25, 0.3) is 0 Å². The Morgan fingerprint density at radius 1 is 1.50 bits per heavy atom. The minimum atomic E-state index is -0.173. The number of methoxy groups -OCH3 is 1. The van der Waals surface area contributed by atoms with E-state index in [4.69, 9.17) is 9.84 Å². The van der Waals surface area contributed by atoms with Gasteiger partial charge in [-0.25, -0.2) is 0 Å². The first kappa shape index (κ1) is 15.4. The number of piperidine rings is 1. The monoisotopic (exact) mass is 258 g/mol. The molecule has 2 N–H and O–H groups in total. The molecule has 0 saturated carbocycles. The molecule has 1 saturated heterocycles. The Bertz CT molecular complexity index is 248. The van der Waals surface area contributed by atoms with E-state index in [-0.39, 0.29) is 12.6 Å². The predicted molar refractivity (Wildman–Crippen MR) is 70.3 cm³/mol. The summed E-state index contributed by atoms with van der Waals surface area (Å²) >= 11 is 0. The molecule has 1 rings (SSSR count). The molecule has 0 aliphatic carbocycles. The summed E-state index contributed by atoms with van der Waals surface area (Å²) in [4.78, 5) is 13.5. The van der Waals surface area contributed by atoms with E-state index in [0.717, 1.165) is 19.5 Å². The molecule has 0 aromatic carbocycles. The number of rotatable bonds is 7. The van der Waals surface area contributed by atoms with Gasteiger partial charge in [0.15, 0.2) is 0 Å². The van der Waals surface area contributed by atoms with Crippen LogP contribution in [-0.4, -0.2) is 61.9 Å². The maximum atomic E-state index is 11.3. The molecule has 2 unspecified atom stereocenters. The highest BCUT2D eigenvalue weighted by molar-refractivity contribution is 5.71. The summed E-state index contributed by atoms with van der Waals surface area (Å²) in [6.45, 7) is 5.17. The van der Waals surface area contributed by atoms with Crippen LogP contribution in [0.4, 0.5) is 0 Å². The first-order valence-corrected chi connectivity index (χ1v) is 6.83. The van der Waals surface area contributed by atoms with Gasteiger partial charge in [-0.3, -0.25) is 9.69 Å². The largest absolute Gasteiger partial charge is 0.468 e. The van der Waals surface area contributed by atoms with Crippen molar-refractivity contribution >= 4 is 5.97 Å². The summed E-state index contributed by atoms with van der Waals surface area (Å²) in [6.07, 6.45) is 3.49. The number of hydrogen-bond acceptors (Lipinski definition) is 5. The summed E-state index contributed by atoms with van der Waals surface area (Å²) in [5.74, 6) is 0.456. The Morgan fingerprint density at radius 2 is 2.28 bits per heavy atom. The average Bonchev–Trinajstić information content (AvgIpc) is 2.36. The Kier molecular flexibility index (Phi) is 7.23. The molecule has 106 valence electrons. The van der Waals surface area contributed by atoms with Crippen LogP contribution >= 0.6 is 0 Å². The van der Waals surface area contributed by atoms with Crippen LogP contribution in [0.25, 0.3) is 0 Å². The van der Waals surface area contributed by atoms with Crippen LogP contribution in [0, 0.1) is 5.92 Å². The van der Waals surface area contributed by atoms with Crippen LogP contribution in [-0.2, 0) is 9.53 Å². The van der Waals surface area contributed by atoms with Gasteiger partial charge in [-0.2, -0.15) is 0 Å². The van der Waals surface area contributed by atoms with Crippen molar-refractivity contribution in [2.45, 2.75) is 32.2 Å². The summed E-state index contributed by atoms with van der Waals surface area (Å²) < 4.78 is 4.72. The molecule has 5 nitrogen and oxygen atoms in total. The van der Waals surface area contributed by atoms with E-state index in [0.29, 0.717) is 25.0 Å². The van der Waals surface area contributed by atoms with E-state index in [1.807, 2.05) is 0 Å². The first-order valence-electron chi connectivity index (χ1n) is 6.83. The number of carbonyl (C=O) groups is 1. The molecule has 5 heteroatoms. The quantitative estimate of drug-likeness (QED) is 0.640. The van der Waals surface area contributed by atoms with Crippen molar-refractivity contribution in [2.75, 3.05) is 39.9 Å². The fourth-order valence-corrected chi connectivity index (χ4v) is 2.71. The predicted octanol–water partition coefficient (Wildman–Crippen LogP) is 0.232. The molecule has 0 radical (unpaired) electrons. The average molecular weight is 258 g/mol. The zero-order valence-electron chi connectivity index (χ0n) is 11.5. The number of nitrogens with zero attached hydrogens (tertiary/aromatic N) is 1. The standard InChI is InChI=1S/C13H26N2O3/c1-3-4-11-7-12(14-5-6-16)9-15(8-11)10-13(17)18-2/h11-12,14,16H,3-10H2,1-2H3. The second kappa shape index (κ2) is 8.45. The molecule has 1 heterocycles. The van der Waals surface area contributed by atoms with Crippen LogP contribution in [0.3, 0.4) is 0 Å². The number of esters is 1. The zero-order valence-corrected chi connectivity index (χ0v) is 11.5. The summed E-state index contributed by atoms with van der Waals surface area (Å²) in [5.41, 5.74) is 0. The Labute approximate surface area is 109 Å². The van der Waals surface area contributed by atoms with Gasteiger partial charge in [0.2, 0.25) is 0 Å². The van der Waals surface area contributed by atoms with Crippen LogP contribution in [0.15, 0.2) is 0 Å². The van der Waals surface area contributed by atoms with E-state index in [1.165, 1.54) is 20.0 Å². The van der Waals surface area contributed by atoms with Crippen molar-refractivity contribution in [3.63, 3.8) is 0 Å². The molecule has 1 aliphatic rings. The SMILES string of the molecule is CCCC1CC(NCCO)CN(CC(=O)OC)C1. The lowest BCUT2D eigenvalue weighted by Crippen LogP contribution is -2.51. The molecule has 0 bridgehead atoms. The lowest BCUT2D eigenvalue weighted by atomic mass is 9.90. The van der Waals surface area contributed by atoms with Crippen LogP contribution in [0.5, 0.6) is 0 Å². The minimum absolute atomic E-state index is 0.159. The van der Waals surface area contributed by atoms with Gasteiger partial charge >= 0.3 is 5.97 Å². The van der Waals surface area contributed by atoms with Crippen LogP contribution in [0.2, 0.25) is 0 Å². The van der Waals surface area contributed by atoms with E-state index in [2.05, 4.69) is 17.1 Å². The van der Waals surface area contributed by atoms with Gasteiger partial charge in [-0.15, -0.1) is 0 Å². The molecule has 2 atom stereocenters. The van der Waals surface area contributed by atoms with Gasteiger partial charge in [0.1, 0.15) is 0 Å². The van der Waals surface area contributed by atoms with Crippen molar-refractivity contribution in [3.05, 3.63) is 0 Å². The fraction of sp³-hybridized carbons (Fsp3) is 0.923. The Balaban J connectivity index is 2.47. The van der Waals surface area contributed by atoms with Crippen molar-refractivity contribution in [2.24, 2.45) is 5.92 Å². The normalized spacial score (nSPS) is 25.1. The number of ether oxygens (including phenoxy) is 1. The number of likely N-dealkylation sites (tertiary alicyclic amines) is 1. The lowest BCUT2D eigenvalue weighted by molar-refractivity contribution is -0.142. The molecule has 0 spiro atoms. The zero-order chi connectivity index (χ0) is 13.4. The van der Waals surface area contributed by atoms with Gasteiger partial charge in [0, 0.05) is 25.7 Å². The van der Waals surface area contributed by atoms with Crippen molar-refractivity contribution < 1.29 is 14.6 Å². The second-order valence-corrected chi connectivity index (χ2v) is 5.04. The third-order valence-corrected chi connectivity index (χ3v) is 3.43. The molecular formula is C13H26N2O3. The third kappa shape index (κ3) is 5.33. The topological polar surface area (TPSA) is 61.8 Å². The summed E-state index contributed by atoms with van der Waals surface area (Å²) in [5, 5.41) is 12.2. The van der Waals surface area contributed by atoms with E-state index in [9.17, 15) is 4.79 Å². The van der Waals surface area contributed by atoms with Crippen molar-refractivity contribution in [3.8, 4) is 0 Å². The maximum Gasteiger partial charge on any atom is 0.319 e. The van der Waals surface area contributed by atoms with Crippen LogP contribution < -0.4 is 5.32 Å². The fourth-order valence-electron chi connectivity index (χ4n) is 2.71. The smallest absolute Gasteiger partial charge is 0.319 e. The highest BCUT2D eigenvalue weighted by Crippen LogP contribution is 2.21. The molecule has 1 fully saturated rings. The number of aliphatic hydroxyl groups is 1. The molecule has 0 aromatic rings. The molecule has 0 amide bonds. The van der Waals surface area contributed by atoms with E-state index >= 15 is 0 Å². The number of aliphatic hydroxyl groups excluding tert-OH is 1. The highest BCUT2D eigenvalue weighted by atomic mass is 16.5. The van der Waals surface area contributed by atoms with Crippen molar-refractivity contribution in [1.82, 2.24) is 10.2 Å². The number of nitrogens with one attached hydrogen (secondary N) is 1. The van der Waals surface area contributed by atoms with Crippen molar-refractivity contribution in [1.29, 1.82) is 0 Å². The first-order chi connectivity index (χ1) is 8.69. The molecule has 18 heavy (non-hydrogen) atoms. The Hall–Kier alpha value is -0.650. The lowest BCUT2D eigenvalue weighted by Gasteiger charge is -2.37. The minimum Gasteiger partial charge on any atom is -0.468 e. The summed E-state index contributed by atoms with van der Waals surface area (Å²) in [6, 6.07) is 0.368. The highest BCUT2D eigenvalue weighted by Gasteiger charge is 2.27. The Morgan fingerprint density at radius 3 is 2.89 bits per heavy atom. The van der Waals surface area contributed by atoms with Gasteiger partial charge in [0.05, 0.1) is 20.3 Å². The third-order valence-electron chi connectivity index (χ3n) is 3.43. The molecule has 1 aliphatic heterocycles. The number of carbonyl (C=O) groups excluding carboxylic acids is 1.